The van der Waals surface area contributed by atoms with Crippen molar-refractivity contribution < 1.29 is 0 Å². The van der Waals surface area contributed by atoms with E-state index in [0.29, 0.717) is 16.0 Å². The highest BCUT2D eigenvalue weighted by molar-refractivity contribution is 7.15. The largest absolute Gasteiger partial charge is 0.296 e. The van der Waals surface area contributed by atoms with Crippen molar-refractivity contribution in [1.82, 2.24) is 14.6 Å². The van der Waals surface area contributed by atoms with Gasteiger partial charge in [0.25, 0.3) is 11.1 Å². The van der Waals surface area contributed by atoms with Crippen molar-refractivity contribution in [1.29, 1.82) is 0 Å². The quantitative estimate of drug-likeness (QED) is 0.546. The highest BCUT2D eigenvalue weighted by Gasteiger charge is 2.11. The molecular formula is C19H12ClN3O2S. The van der Waals surface area contributed by atoms with Crippen LogP contribution in [0.25, 0.3) is 11.0 Å². The van der Waals surface area contributed by atoms with Crippen LogP contribution in [0.4, 0.5) is 0 Å². The molecule has 26 heavy (non-hydrogen) atoms. The minimum Gasteiger partial charge on any atom is -0.266 e. The predicted octanol–water partition coefficient (Wildman–Crippen LogP) is 2.30. The molecule has 128 valence electrons. The average molecular weight is 382 g/mol. The summed E-state index contributed by atoms with van der Waals surface area (Å²) in [5.74, 6) is 0. The summed E-state index contributed by atoms with van der Waals surface area (Å²) in [4.78, 5) is 29.2. The molecule has 0 aliphatic carbocycles. The molecule has 0 fully saturated rings. The summed E-state index contributed by atoms with van der Waals surface area (Å²) in [5.41, 5.74) is 1.17. The lowest BCUT2D eigenvalue weighted by atomic mass is 10.1. The summed E-state index contributed by atoms with van der Waals surface area (Å²) in [6, 6.07) is 16.7. The van der Waals surface area contributed by atoms with Crippen molar-refractivity contribution in [2.75, 3.05) is 0 Å². The predicted molar refractivity (Wildman–Crippen MR) is 103 cm³/mol. The Labute approximate surface area is 156 Å². The monoisotopic (exact) mass is 381 g/mol. The maximum atomic E-state index is 12.7. The highest BCUT2D eigenvalue weighted by Crippen LogP contribution is 2.15. The van der Waals surface area contributed by atoms with E-state index in [1.807, 2.05) is 48.5 Å². The highest BCUT2D eigenvalue weighted by atomic mass is 35.5. The van der Waals surface area contributed by atoms with Crippen molar-refractivity contribution >= 4 is 34.0 Å². The van der Waals surface area contributed by atoms with Gasteiger partial charge in [-0.25, -0.2) is 0 Å². The number of hydrogen-bond acceptors (Lipinski definition) is 5. The van der Waals surface area contributed by atoms with Gasteiger partial charge in [-0.3, -0.25) is 9.59 Å². The SMILES string of the molecule is O=c1nc2s/c(=C\c3ccccc3Cl)c(=O)n2nc1Cc1ccccc1. The summed E-state index contributed by atoms with van der Waals surface area (Å²) >= 11 is 7.27. The Morgan fingerprint density at radius 2 is 1.77 bits per heavy atom. The Morgan fingerprint density at radius 3 is 2.54 bits per heavy atom. The van der Waals surface area contributed by atoms with E-state index < -0.39 is 5.56 Å². The number of fused-ring (bicyclic) bond motifs is 1. The molecule has 2 heterocycles. The van der Waals surface area contributed by atoms with Crippen molar-refractivity contribution in [3.8, 4) is 0 Å². The number of halogens is 1. The van der Waals surface area contributed by atoms with Gasteiger partial charge in [-0.15, -0.1) is 0 Å². The molecule has 2 aromatic carbocycles. The molecule has 0 aliphatic rings. The van der Waals surface area contributed by atoms with Gasteiger partial charge in [-0.1, -0.05) is 71.5 Å². The molecule has 4 aromatic rings. The second-order valence-electron chi connectivity index (χ2n) is 5.66. The van der Waals surface area contributed by atoms with Crippen LogP contribution in [0.15, 0.2) is 64.2 Å². The van der Waals surface area contributed by atoms with E-state index in [0.717, 1.165) is 22.5 Å². The lowest BCUT2D eigenvalue weighted by molar-refractivity contribution is 0.811. The first-order valence-electron chi connectivity index (χ1n) is 7.85. The zero-order valence-electron chi connectivity index (χ0n) is 13.4. The molecule has 0 bridgehead atoms. The molecule has 0 saturated carbocycles. The Bertz CT molecular complexity index is 1270. The first kappa shape index (κ1) is 16.6. The van der Waals surface area contributed by atoms with E-state index in [-0.39, 0.29) is 16.2 Å². The van der Waals surface area contributed by atoms with Gasteiger partial charge < -0.3 is 0 Å². The Kier molecular flexibility index (Phi) is 4.36. The number of nitrogens with zero attached hydrogens (tertiary/aromatic N) is 3. The number of aromatic nitrogens is 3. The van der Waals surface area contributed by atoms with Gasteiger partial charge in [0.15, 0.2) is 0 Å². The van der Waals surface area contributed by atoms with Crippen LogP contribution in [0.5, 0.6) is 0 Å². The average Bonchev–Trinajstić information content (AvgIpc) is 2.93. The summed E-state index contributed by atoms with van der Waals surface area (Å²) in [7, 11) is 0. The first-order chi connectivity index (χ1) is 12.6. The molecule has 0 N–H and O–H groups in total. The normalized spacial score (nSPS) is 12.0. The topological polar surface area (TPSA) is 64.3 Å². The summed E-state index contributed by atoms with van der Waals surface area (Å²) in [6.45, 7) is 0. The summed E-state index contributed by atoms with van der Waals surface area (Å²) in [5, 5.41) is 4.79. The first-order valence-corrected chi connectivity index (χ1v) is 9.04. The van der Waals surface area contributed by atoms with Gasteiger partial charge >= 0.3 is 0 Å². The Balaban J connectivity index is 1.85. The van der Waals surface area contributed by atoms with E-state index in [4.69, 9.17) is 11.6 Å². The third-order valence-electron chi connectivity index (χ3n) is 3.86. The summed E-state index contributed by atoms with van der Waals surface area (Å²) < 4.78 is 1.61. The van der Waals surface area contributed by atoms with Crippen molar-refractivity contribution in [2.24, 2.45) is 0 Å². The van der Waals surface area contributed by atoms with E-state index in [1.165, 1.54) is 4.52 Å². The van der Waals surface area contributed by atoms with Gasteiger partial charge in [0, 0.05) is 11.4 Å². The lowest BCUT2D eigenvalue weighted by Gasteiger charge is -1.99. The molecule has 4 rings (SSSR count). The fraction of sp³-hybridized carbons (Fsp3) is 0.0526. The van der Waals surface area contributed by atoms with Crippen molar-refractivity contribution in [3.63, 3.8) is 0 Å². The minimum absolute atomic E-state index is 0.243. The molecule has 0 aliphatic heterocycles. The van der Waals surface area contributed by atoms with Crippen LogP contribution in [0.1, 0.15) is 16.8 Å². The zero-order valence-corrected chi connectivity index (χ0v) is 15.0. The van der Waals surface area contributed by atoms with Gasteiger partial charge in [0.1, 0.15) is 5.69 Å². The zero-order chi connectivity index (χ0) is 18.1. The fourth-order valence-corrected chi connectivity index (χ4v) is 3.66. The van der Waals surface area contributed by atoms with Crippen LogP contribution >= 0.6 is 22.9 Å². The number of benzene rings is 2. The third kappa shape index (κ3) is 3.16. The number of thiazole rings is 1. The second-order valence-corrected chi connectivity index (χ2v) is 7.07. The van der Waals surface area contributed by atoms with Crippen LogP contribution in [0.2, 0.25) is 5.02 Å². The molecule has 0 spiro atoms. The van der Waals surface area contributed by atoms with Crippen molar-refractivity contribution in [3.05, 3.63) is 102 Å². The Hall–Kier alpha value is -2.83. The van der Waals surface area contributed by atoms with Crippen molar-refractivity contribution in [2.45, 2.75) is 6.42 Å². The van der Waals surface area contributed by atoms with E-state index in [2.05, 4.69) is 10.1 Å². The molecule has 7 heteroatoms. The molecule has 0 radical (unpaired) electrons. The van der Waals surface area contributed by atoms with E-state index in [9.17, 15) is 9.59 Å². The molecule has 0 saturated heterocycles. The molecule has 5 nitrogen and oxygen atoms in total. The smallest absolute Gasteiger partial charge is 0.266 e. The minimum atomic E-state index is -0.417. The van der Waals surface area contributed by atoms with E-state index >= 15 is 0 Å². The Morgan fingerprint density at radius 1 is 1.04 bits per heavy atom. The molecule has 0 atom stereocenters. The maximum Gasteiger partial charge on any atom is 0.296 e. The number of hydrogen-bond donors (Lipinski definition) is 0. The van der Waals surface area contributed by atoms with Gasteiger partial charge in [-0.05, 0) is 23.3 Å². The van der Waals surface area contributed by atoms with Crippen LogP contribution in [0.3, 0.4) is 0 Å². The van der Waals surface area contributed by atoms with Gasteiger partial charge in [0.2, 0.25) is 4.96 Å². The van der Waals surface area contributed by atoms with Gasteiger partial charge in [0.05, 0.1) is 4.53 Å². The third-order valence-corrected chi connectivity index (χ3v) is 5.16. The molecule has 2 aromatic heterocycles. The summed E-state index contributed by atoms with van der Waals surface area (Å²) in [6.07, 6.45) is 2.02. The maximum absolute atomic E-state index is 12.7. The standard InChI is InChI=1S/C19H12ClN3O2S/c20-14-9-5-4-8-13(14)11-16-18(25)23-19(26-16)21-17(24)15(22-23)10-12-6-2-1-3-7-12/h1-9,11H,10H2/b16-11-. The van der Waals surface area contributed by atoms with E-state index in [1.54, 1.807) is 12.1 Å². The molecule has 0 unspecified atom stereocenters. The molecular weight excluding hydrogens is 370 g/mol. The lowest BCUT2D eigenvalue weighted by Crippen LogP contribution is -2.28. The van der Waals surface area contributed by atoms with Gasteiger partial charge in [-0.2, -0.15) is 14.6 Å². The molecule has 0 amide bonds. The van der Waals surface area contributed by atoms with Crippen LogP contribution in [-0.2, 0) is 6.42 Å². The number of rotatable bonds is 3. The van der Waals surface area contributed by atoms with Crippen LogP contribution < -0.4 is 15.7 Å². The second kappa shape index (κ2) is 6.82. The fourth-order valence-electron chi connectivity index (χ4n) is 2.57. The van der Waals surface area contributed by atoms with Crippen LogP contribution in [0, 0.1) is 0 Å². The van der Waals surface area contributed by atoms with Crippen LogP contribution in [-0.4, -0.2) is 14.6 Å².